The molecule has 2 N–H and O–H groups in total. The number of ether oxygens (including phenoxy) is 2. The van der Waals surface area contributed by atoms with Gasteiger partial charge in [0, 0.05) is 38.1 Å². The molecule has 1 saturated heterocycles. The fraction of sp³-hybridized carbons (Fsp3) is 0.480. The van der Waals surface area contributed by atoms with Crippen molar-refractivity contribution in [1.29, 1.82) is 0 Å². The monoisotopic (exact) mass is 441 g/mol. The normalized spacial score (nSPS) is 15.8. The van der Waals surface area contributed by atoms with Crippen LogP contribution in [0.1, 0.15) is 20.8 Å². The van der Waals surface area contributed by atoms with E-state index in [0.29, 0.717) is 18.0 Å². The van der Waals surface area contributed by atoms with Crippen LogP contribution >= 0.6 is 0 Å². The van der Waals surface area contributed by atoms with Crippen LogP contribution in [0.25, 0.3) is 0 Å². The van der Waals surface area contributed by atoms with E-state index >= 15 is 0 Å². The first-order valence-electron chi connectivity index (χ1n) is 11.1. The zero-order valence-corrected chi connectivity index (χ0v) is 19.5. The Morgan fingerprint density at radius 2 is 1.66 bits per heavy atom. The number of β-amino-alcohol motifs (C(OH)–C–C–N with tert-alkyl or cyclic N) is 1. The van der Waals surface area contributed by atoms with E-state index in [2.05, 4.69) is 21.2 Å². The Morgan fingerprint density at radius 1 is 1.03 bits per heavy atom. The van der Waals surface area contributed by atoms with Gasteiger partial charge < -0.3 is 24.8 Å². The minimum absolute atomic E-state index is 0.0815. The van der Waals surface area contributed by atoms with Crippen LogP contribution in [0.3, 0.4) is 0 Å². The van der Waals surface area contributed by atoms with Gasteiger partial charge >= 0.3 is 0 Å². The van der Waals surface area contributed by atoms with Gasteiger partial charge in [-0.3, -0.25) is 9.69 Å². The van der Waals surface area contributed by atoms with Gasteiger partial charge in [-0.15, -0.1) is 0 Å². The molecule has 1 aliphatic rings. The zero-order chi connectivity index (χ0) is 23.1. The molecule has 7 nitrogen and oxygen atoms in total. The maximum Gasteiger partial charge on any atom is 0.229 e. The Hall–Kier alpha value is -2.77. The molecule has 0 radical (unpaired) electrons. The number of nitrogens with one attached hydrogen (secondary N) is 1. The van der Waals surface area contributed by atoms with E-state index in [-0.39, 0.29) is 12.5 Å². The lowest BCUT2D eigenvalue weighted by Crippen LogP contribution is -2.49. The summed E-state index contributed by atoms with van der Waals surface area (Å²) in [4.78, 5) is 16.9. The lowest BCUT2D eigenvalue weighted by molar-refractivity contribution is -0.123. The summed E-state index contributed by atoms with van der Waals surface area (Å²) in [6.07, 6.45) is -0.626. The number of anilines is 2. The molecule has 1 heterocycles. The van der Waals surface area contributed by atoms with Crippen molar-refractivity contribution >= 4 is 17.3 Å². The maximum atomic E-state index is 12.3. The van der Waals surface area contributed by atoms with Crippen molar-refractivity contribution in [3.05, 3.63) is 48.5 Å². The number of aliphatic hydroxyl groups excluding tert-OH is 1. The maximum absolute atomic E-state index is 12.3. The number of amides is 1. The topological polar surface area (TPSA) is 74.3 Å². The van der Waals surface area contributed by atoms with Crippen LogP contribution in [-0.4, -0.2) is 68.5 Å². The highest BCUT2D eigenvalue weighted by atomic mass is 16.5. The number of carbonyl (C=O) groups excluding carboxylic acids is 1. The van der Waals surface area contributed by atoms with E-state index in [1.807, 2.05) is 57.2 Å². The van der Waals surface area contributed by atoms with Crippen molar-refractivity contribution in [2.45, 2.75) is 26.9 Å². The number of benzene rings is 2. The zero-order valence-electron chi connectivity index (χ0n) is 19.5. The second-order valence-corrected chi connectivity index (χ2v) is 9.12. The van der Waals surface area contributed by atoms with Crippen molar-refractivity contribution in [2.24, 2.45) is 5.41 Å². The van der Waals surface area contributed by atoms with Gasteiger partial charge in [0.05, 0.1) is 18.5 Å². The summed E-state index contributed by atoms with van der Waals surface area (Å²) in [5.74, 6) is 1.36. The lowest BCUT2D eigenvalue weighted by Gasteiger charge is -2.37. The Balaban J connectivity index is 1.48. The van der Waals surface area contributed by atoms with Crippen molar-refractivity contribution in [2.75, 3.05) is 56.7 Å². The summed E-state index contributed by atoms with van der Waals surface area (Å²) in [5.41, 5.74) is 1.22. The van der Waals surface area contributed by atoms with E-state index < -0.39 is 11.5 Å². The summed E-state index contributed by atoms with van der Waals surface area (Å²) in [6, 6.07) is 15.4. The third kappa shape index (κ3) is 6.37. The number of hydrogen-bond donors (Lipinski definition) is 2. The number of para-hydroxylation sites is 4. The smallest absolute Gasteiger partial charge is 0.229 e. The van der Waals surface area contributed by atoms with Gasteiger partial charge in [-0.2, -0.15) is 0 Å². The standard InChI is InChI=1S/C25H35N3O4/c1-25(2,3)24(30)26-20-9-5-7-11-22(20)32-18-19(29)17-27-13-15-28(16-14-27)21-10-6-8-12-23(21)31-4/h5-12,19,29H,13-18H2,1-4H3,(H,26,30). The largest absolute Gasteiger partial charge is 0.495 e. The summed E-state index contributed by atoms with van der Waals surface area (Å²) in [7, 11) is 1.69. The SMILES string of the molecule is COc1ccccc1N1CCN(CC(O)COc2ccccc2NC(=O)C(C)(C)C)CC1. The van der Waals surface area contributed by atoms with Crippen LogP contribution in [0.4, 0.5) is 11.4 Å². The predicted molar refractivity (Wildman–Crippen MR) is 128 cm³/mol. The van der Waals surface area contributed by atoms with Crippen molar-refractivity contribution < 1.29 is 19.4 Å². The molecule has 1 unspecified atom stereocenters. The summed E-state index contributed by atoms with van der Waals surface area (Å²) < 4.78 is 11.3. The fourth-order valence-corrected chi connectivity index (χ4v) is 3.60. The number of nitrogens with zero attached hydrogens (tertiary/aromatic N) is 2. The minimum Gasteiger partial charge on any atom is -0.495 e. The molecule has 1 aliphatic heterocycles. The van der Waals surface area contributed by atoms with Crippen molar-refractivity contribution in [1.82, 2.24) is 4.90 Å². The van der Waals surface area contributed by atoms with E-state index in [1.54, 1.807) is 13.2 Å². The third-order valence-corrected chi connectivity index (χ3v) is 5.51. The van der Waals surface area contributed by atoms with Crippen LogP contribution < -0.4 is 19.7 Å². The van der Waals surface area contributed by atoms with Crippen LogP contribution in [0.2, 0.25) is 0 Å². The highest BCUT2D eigenvalue weighted by molar-refractivity contribution is 5.95. The Labute approximate surface area is 190 Å². The molecule has 0 aliphatic carbocycles. The Kier molecular flexibility index (Phi) is 7.99. The molecule has 0 aromatic heterocycles. The fourth-order valence-electron chi connectivity index (χ4n) is 3.60. The average Bonchev–Trinajstić information content (AvgIpc) is 2.78. The van der Waals surface area contributed by atoms with Gasteiger partial charge in [-0.1, -0.05) is 45.0 Å². The molecule has 1 fully saturated rings. The first-order valence-corrected chi connectivity index (χ1v) is 11.1. The van der Waals surface area contributed by atoms with E-state index in [9.17, 15) is 9.90 Å². The van der Waals surface area contributed by atoms with Gasteiger partial charge in [0.1, 0.15) is 24.2 Å². The molecule has 1 amide bonds. The van der Waals surface area contributed by atoms with Crippen LogP contribution in [0.15, 0.2) is 48.5 Å². The molecule has 0 bridgehead atoms. The van der Waals surface area contributed by atoms with E-state index in [4.69, 9.17) is 9.47 Å². The lowest BCUT2D eigenvalue weighted by atomic mass is 9.95. The average molecular weight is 442 g/mol. The predicted octanol–water partition coefficient (Wildman–Crippen LogP) is 3.24. The molecule has 0 spiro atoms. The van der Waals surface area contributed by atoms with Gasteiger partial charge in [0.2, 0.25) is 5.91 Å². The number of hydrogen-bond acceptors (Lipinski definition) is 6. The summed E-state index contributed by atoms with van der Waals surface area (Å²) >= 11 is 0. The van der Waals surface area contributed by atoms with E-state index in [0.717, 1.165) is 37.6 Å². The van der Waals surface area contributed by atoms with Crippen LogP contribution in [0, 0.1) is 5.41 Å². The Bertz CT molecular complexity index is 889. The molecule has 7 heteroatoms. The quantitative estimate of drug-likeness (QED) is 0.655. The molecule has 174 valence electrons. The van der Waals surface area contributed by atoms with Crippen LogP contribution in [0.5, 0.6) is 11.5 Å². The summed E-state index contributed by atoms with van der Waals surface area (Å²) in [6.45, 7) is 9.74. The molecular formula is C25H35N3O4. The number of piperazine rings is 1. The molecule has 3 rings (SSSR count). The molecule has 32 heavy (non-hydrogen) atoms. The number of carbonyl (C=O) groups is 1. The van der Waals surface area contributed by atoms with Crippen molar-refractivity contribution in [3.8, 4) is 11.5 Å². The molecule has 0 saturated carbocycles. The number of methoxy groups -OCH3 is 1. The molecule has 1 atom stereocenters. The minimum atomic E-state index is -0.626. The second-order valence-electron chi connectivity index (χ2n) is 9.12. The van der Waals surface area contributed by atoms with Gasteiger partial charge in [0.25, 0.3) is 0 Å². The van der Waals surface area contributed by atoms with Crippen molar-refractivity contribution in [3.63, 3.8) is 0 Å². The van der Waals surface area contributed by atoms with Crippen LogP contribution in [-0.2, 0) is 4.79 Å². The van der Waals surface area contributed by atoms with Gasteiger partial charge in [0.15, 0.2) is 0 Å². The highest BCUT2D eigenvalue weighted by Crippen LogP contribution is 2.29. The van der Waals surface area contributed by atoms with Gasteiger partial charge in [-0.05, 0) is 24.3 Å². The molecule has 2 aromatic rings. The molecular weight excluding hydrogens is 406 g/mol. The highest BCUT2D eigenvalue weighted by Gasteiger charge is 2.23. The van der Waals surface area contributed by atoms with Gasteiger partial charge in [-0.25, -0.2) is 0 Å². The third-order valence-electron chi connectivity index (χ3n) is 5.51. The molecule has 2 aromatic carbocycles. The Morgan fingerprint density at radius 3 is 2.31 bits per heavy atom. The van der Waals surface area contributed by atoms with E-state index in [1.165, 1.54) is 0 Å². The summed E-state index contributed by atoms with van der Waals surface area (Å²) in [5, 5.41) is 13.5. The first-order chi connectivity index (χ1) is 15.3. The number of rotatable bonds is 8. The first kappa shape index (κ1) is 23.9. The number of aliphatic hydroxyl groups is 1. The second kappa shape index (κ2) is 10.7.